The zero-order valence-electron chi connectivity index (χ0n) is 13.7. The van der Waals surface area contributed by atoms with Crippen LogP contribution in [-0.2, 0) is 4.79 Å². The van der Waals surface area contributed by atoms with Gasteiger partial charge in [-0.05, 0) is 43.2 Å². The molecule has 7 heteroatoms. The fraction of sp³-hybridized carbons (Fsp3) is 0.389. The summed E-state index contributed by atoms with van der Waals surface area (Å²) in [6.45, 7) is 0.253. The van der Waals surface area contributed by atoms with Crippen LogP contribution in [0.25, 0.3) is 11.3 Å². The summed E-state index contributed by atoms with van der Waals surface area (Å²) >= 11 is 1.41. The van der Waals surface area contributed by atoms with E-state index in [4.69, 9.17) is 9.47 Å². The van der Waals surface area contributed by atoms with Crippen LogP contribution in [0.5, 0.6) is 11.5 Å². The lowest BCUT2D eigenvalue weighted by Crippen LogP contribution is -2.33. The highest BCUT2D eigenvalue weighted by Gasteiger charge is 2.17. The number of nitrogens with zero attached hydrogens (tertiary/aromatic N) is 2. The molecule has 2 aromatic rings. The number of thioether (sulfide) groups is 1. The number of carbonyl (C=O) groups excluding carboxylic acids is 1. The minimum atomic E-state index is 0.0681. The average Bonchev–Trinajstić information content (AvgIpc) is 3.31. The zero-order valence-corrected chi connectivity index (χ0v) is 14.6. The lowest BCUT2D eigenvalue weighted by Gasteiger charge is -2.11. The van der Waals surface area contributed by atoms with E-state index in [0.29, 0.717) is 11.8 Å². The van der Waals surface area contributed by atoms with Crippen LogP contribution in [0, 0.1) is 0 Å². The summed E-state index contributed by atoms with van der Waals surface area (Å²) in [6, 6.07) is 9.85. The number of fused-ring (bicyclic) bond motifs is 1. The van der Waals surface area contributed by atoms with E-state index < -0.39 is 0 Å². The lowest BCUT2D eigenvalue weighted by molar-refractivity contribution is -0.119. The van der Waals surface area contributed by atoms with Crippen LogP contribution in [0.15, 0.2) is 35.4 Å². The van der Waals surface area contributed by atoms with Crippen LogP contribution in [0.3, 0.4) is 0 Å². The SMILES string of the molecule is O=C(CSc1ccc(-c2ccc3c(c2)OCO3)nn1)NC1CCCC1. The minimum absolute atomic E-state index is 0.0681. The average molecular weight is 357 g/mol. The van der Waals surface area contributed by atoms with Crippen molar-refractivity contribution in [3.63, 3.8) is 0 Å². The second-order valence-electron chi connectivity index (χ2n) is 6.16. The standard InChI is InChI=1S/C18H19N3O3S/c22-17(19-13-3-1-2-4-13)10-25-18-8-6-14(20-21-18)12-5-7-15-16(9-12)24-11-23-15/h5-9,13H,1-4,10-11H2,(H,19,22). The van der Waals surface area contributed by atoms with E-state index in [2.05, 4.69) is 15.5 Å². The van der Waals surface area contributed by atoms with Gasteiger partial charge in [0.15, 0.2) is 11.5 Å². The number of carbonyl (C=O) groups is 1. The number of hydrogen-bond donors (Lipinski definition) is 1. The molecule has 0 spiro atoms. The fourth-order valence-corrected chi connectivity index (χ4v) is 3.71. The molecule has 4 rings (SSSR count). The first kappa shape index (κ1) is 16.2. The Morgan fingerprint density at radius 3 is 2.76 bits per heavy atom. The van der Waals surface area contributed by atoms with E-state index in [1.54, 1.807) is 0 Å². The maximum absolute atomic E-state index is 12.0. The van der Waals surface area contributed by atoms with Crippen LogP contribution in [0.1, 0.15) is 25.7 Å². The van der Waals surface area contributed by atoms with Crippen LogP contribution in [0.4, 0.5) is 0 Å². The van der Waals surface area contributed by atoms with Gasteiger partial charge < -0.3 is 14.8 Å². The molecule has 2 aliphatic rings. The number of benzene rings is 1. The van der Waals surface area contributed by atoms with Crippen molar-refractivity contribution in [3.05, 3.63) is 30.3 Å². The molecule has 0 bridgehead atoms. The molecule has 1 fully saturated rings. The predicted molar refractivity (Wildman–Crippen MR) is 94.7 cm³/mol. The van der Waals surface area contributed by atoms with Crippen molar-refractivity contribution < 1.29 is 14.3 Å². The highest BCUT2D eigenvalue weighted by molar-refractivity contribution is 7.99. The number of aromatic nitrogens is 2. The van der Waals surface area contributed by atoms with E-state index in [9.17, 15) is 4.79 Å². The Labute approximate surface area is 150 Å². The monoisotopic (exact) mass is 357 g/mol. The molecule has 25 heavy (non-hydrogen) atoms. The topological polar surface area (TPSA) is 73.3 Å². The van der Waals surface area contributed by atoms with Crippen molar-refractivity contribution >= 4 is 17.7 Å². The fourth-order valence-electron chi connectivity index (χ4n) is 3.09. The normalized spacial score (nSPS) is 16.2. The number of amides is 1. The van der Waals surface area contributed by atoms with Crippen molar-refractivity contribution in [2.24, 2.45) is 0 Å². The van der Waals surface area contributed by atoms with Gasteiger partial charge in [-0.3, -0.25) is 4.79 Å². The summed E-state index contributed by atoms with van der Waals surface area (Å²) in [5, 5.41) is 12.3. The number of nitrogens with one attached hydrogen (secondary N) is 1. The molecule has 2 heterocycles. The molecular weight excluding hydrogens is 338 g/mol. The van der Waals surface area contributed by atoms with E-state index in [1.807, 2.05) is 30.3 Å². The van der Waals surface area contributed by atoms with E-state index in [-0.39, 0.29) is 12.7 Å². The third-order valence-corrected chi connectivity index (χ3v) is 5.30. The van der Waals surface area contributed by atoms with Gasteiger partial charge in [0, 0.05) is 11.6 Å². The Morgan fingerprint density at radius 2 is 1.96 bits per heavy atom. The quantitative estimate of drug-likeness (QED) is 0.829. The van der Waals surface area contributed by atoms with E-state index in [0.717, 1.165) is 40.6 Å². The van der Waals surface area contributed by atoms with Crippen molar-refractivity contribution in [1.29, 1.82) is 0 Å². The maximum Gasteiger partial charge on any atom is 0.231 e. The second kappa shape index (κ2) is 7.31. The van der Waals surface area contributed by atoms with E-state index >= 15 is 0 Å². The Bertz CT molecular complexity index is 761. The first-order chi connectivity index (χ1) is 12.3. The van der Waals surface area contributed by atoms with Crippen molar-refractivity contribution in [1.82, 2.24) is 15.5 Å². The molecule has 130 valence electrons. The number of rotatable bonds is 5. The summed E-state index contributed by atoms with van der Waals surface area (Å²) in [7, 11) is 0. The molecule has 1 saturated carbocycles. The molecule has 1 aliphatic carbocycles. The number of hydrogen-bond acceptors (Lipinski definition) is 6. The summed E-state index contributed by atoms with van der Waals surface area (Å²) in [6.07, 6.45) is 4.62. The van der Waals surface area contributed by atoms with Gasteiger partial charge in [-0.2, -0.15) is 0 Å². The van der Waals surface area contributed by atoms with Crippen molar-refractivity contribution in [2.45, 2.75) is 36.8 Å². The van der Waals surface area contributed by atoms with Gasteiger partial charge in [-0.25, -0.2) is 0 Å². The smallest absolute Gasteiger partial charge is 0.231 e. The van der Waals surface area contributed by atoms with Gasteiger partial charge in [0.25, 0.3) is 0 Å². The van der Waals surface area contributed by atoms with Crippen molar-refractivity contribution in [2.75, 3.05) is 12.5 Å². The third kappa shape index (κ3) is 3.87. The molecule has 1 N–H and O–H groups in total. The van der Waals surface area contributed by atoms with Gasteiger partial charge in [-0.1, -0.05) is 24.6 Å². The highest BCUT2D eigenvalue weighted by atomic mass is 32.2. The first-order valence-electron chi connectivity index (χ1n) is 8.44. The molecule has 1 aromatic carbocycles. The summed E-state index contributed by atoms with van der Waals surface area (Å²) in [5.41, 5.74) is 1.69. The Kier molecular flexibility index (Phi) is 4.74. The minimum Gasteiger partial charge on any atom is -0.454 e. The molecule has 0 unspecified atom stereocenters. The van der Waals surface area contributed by atoms with Crippen LogP contribution in [-0.4, -0.2) is 34.7 Å². The lowest BCUT2D eigenvalue weighted by atomic mass is 10.1. The van der Waals surface area contributed by atoms with Gasteiger partial charge in [0.1, 0.15) is 5.03 Å². The number of ether oxygens (including phenoxy) is 2. The largest absolute Gasteiger partial charge is 0.454 e. The van der Waals surface area contributed by atoms with Crippen LogP contribution in [0.2, 0.25) is 0 Å². The Morgan fingerprint density at radius 1 is 1.12 bits per heavy atom. The second-order valence-corrected chi connectivity index (χ2v) is 7.16. The third-order valence-electron chi connectivity index (χ3n) is 4.38. The summed E-state index contributed by atoms with van der Waals surface area (Å²) < 4.78 is 10.7. The molecule has 1 aliphatic heterocycles. The Balaban J connectivity index is 1.34. The van der Waals surface area contributed by atoms with E-state index in [1.165, 1.54) is 24.6 Å². The highest BCUT2D eigenvalue weighted by Crippen LogP contribution is 2.35. The van der Waals surface area contributed by atoms with Gasteiger partial charge >= 0.3 is 0 Å². The first-order valence-corrected chi connectivity index (χ1v) is 9.42. The van der Waals surface area contributed by atoms with Gasteiger partial charge in [0.2, 0.25) is 12.7 Å². The molecule has 6 nitrogen and oxygen atoms in total. The van der Waals surface area contributed by atoms with Crippen LogP contribution < -0.4 is 14.8 Å². The molecule has 0 radical (unpaired) electrons. The van der Waals surface area contributed by atoms with Crippen LogP contribution >= 0.6 is 11.8 Å². The maximum atomic E-state index is 12.0. The van der Waals surface area contributed by atoms with Gasteiger partial charge in [0.05, 0.1) is 11.4 Å². The van der Waals surface area contributed by atoms with Gasteiger partial charge in [-0.15, -0.1) is 10.2 Å². The molecule has 1 amide bonds. The molecular formula is C18H19N3O3S. The molecule has 0 saturated heterocycles. The van der Waals surface area contributed by atoms with Crippen molar-refractivity contribution in [3.8, 4) is 22.8 Å². The summed E-state index contributed by atoms with van der Waals surface area (Å²) in [5.74, 6) is 1.91. The Hall–Kier alpha value is -2.28. The molecule has 1 aromatic heterocycles. The zero-order chi connectivity index (χ0) is 17.1. The molecule has 0 atom stereocenters. The summed E-state index contributed by atoms with van der Waals surface area (Å²) in [4.78, 5) is 12.0. The predicted octanol–water partition coefficient (Wildman–Crippen LogP) is 3.02.